The molecule has 0 spiro atoms. The predicted octanol–water partition coefficient (Wildman–Crippen LogP) is 3.89. The highest BCUT2D eigenvalue weighted by atomic mass is 32.1. The van der Waals surface area contributed by atoms with Crippen LogP contribution in [0.25, 0.3) is 0 Å². The van der Waals surface area contributed by atoms with E-state index in [0.717, 1.165) is 60.6 Å². The number of thiazole rings is 1. The molecule has 1 N–H and O–H groups in total. The zero-order valence-electron chi connectivity index (χ0n) is 17.0. The van der Waals surface area contributed by atoms with Crippen molar-refractivity contribution in [3.8, 4) is 0 Å². The van der Waals surface area contributed by atoms with E-state index in [4.69, 9.17) is 0 Å². The third kappa shape index (κ3) is 3.06. The Morgan fingerprint density at radius 3 is 2.50 bits per heavy atom. The second-order valence-electron chi connectivity index (χ2n) is 9.73. The molecule has 3 heterocycles. The van der Waals surface area contributed by atoms with Gasteiger partial charge in [-0.15, -0.1) is 0 Å². The van der Waals surface area contributed by atoms with Crippen LogP contribution in [-0.2, 0) is 17.8 Å². The van der Waals surface area contributed by atoms with Crippen molar-refractivity contribution in [2.24, 2.45) is 23.2 Å². The summed E-state index contributed by atoms with van der Waals surface area (Å²) >= 11 is 1.49. The van der Waals surface area contributed by atoms with Crippen molar-refractivity contribution in [3.05, 3.63) is 40.7 Å². The number of pyridine rings is 1. The number of nitrogens with one attached hydrogen (secondary N) is 1. The molecule has 2 aromatic rings. The molecule has 7 rings (SSSR count). The normalized spacial score (nSPS) is 31.5. The van der Waals surface area contributed by atoms with E-state index in [0.29, 0.717) is 23.3 Å². The maximum absolute atomic E-state index is 13.7. The van der Waals surface area contributed by atoms with Crippen molar-refractivity contribution < 1.29 is 9.59 Å². The smallest absolute Gasteiger partial charge is 0.276 e. The van der Waals surface area contributed by atoms with Crippen LogP contribution in [0.4, 0.5) is 5.13 Å². The Kier molecular flexibility index (Phi) is 4.23. The molecule has 0 saturated heterocycles. The van der Waals surface area contributed by atoms with Gasteiger partial charge in [0.15, 0.2) is 5.13 Å². The molecule has 0 aromatic carbocycles. The van der Waals surface area contributed by atoms with E-state index >= 15 is 0 Å². The lowest BCUT2D eigenvalue weighted by Gasteiger charge is -2.56. The molecule has 0 radical (unpaired) electrons. The van der Waals surface area contributed by atoms with E-state index < -0.39 is 0 Å². The highest BCUT2D eigenvalue weighted by molar-refractivity contribution is 7.15. The second-order valence-corrected chi connectivity index (χ2v) is 10.8. The number of carbonyl (C=O) groups excluding carboxylic acids is 2. The van der Waals surface area contributed by atoms with Gasteiger partial charge in [0.1, 0.15) is 5.69 Å². The summed E-state index contributed by atoms with van der Waals surface area (Å²) in [7, 11) is 0. The summed E-state index contributed by atoms with van der Waals surface area (Å²) < 4.78 is 0. The lowest BCUT2D eigenvalue weighted by atomic mass is 9.49. The molecular weight excluding hydrogens is 396 g/mol. The van der Waals surface area contributed by atoms with Gasteiger partial charge in [-0.3, -0.25) is 19.9 Å². The molecule has 7 heteroatoms. The third-order valence-corrected chi connectivity index (χ3v) is 8.63. The van der Waals surface area contributed by atoms with Crippen LogP contribution >= 0.6 is 11.3 Å². The monoisotopic (exact) mass is 422 g/mol. The first-order chi connectivity index (χ1) is 14.6. The minimum Gasteiger partial charge on any atom is -0.337 e. The topological polar surface area (TPSA) is 75.2 Å². The van der Waals surface area contributed by atoms with Gasteiger partial charge in [-0.25, -0.2) is 4.98 Å². The molecule has 1 aliphatic heterocycles. The quantitative estimate of drug-likeness (QED) is 0.814. The summed E-state index contributed by atoms with van der Waals surface area (Å²) in [5, 5.41) is 3.47. The van der Waals surface area contributed by atoms with Crippen molar-refractivity contribution >= 4 is 28.3 Å². The van der Waals surface area contributed by atoms with Gasteiger partial charge in [-0.05, 0) is 68.4 Å². The Morgan fingerprint density at radius 1 is 1.10 bits per heavy atom. The maximum atomic E-state index is 13.7. The zero-order valence-corrected chi connectivity index (χ0v) is 17.8. The molecule has 30 heavy (non-hydrogen) atoms. The van der Waals surface area contributed by atoms with Gasteiger partial charge in [0.2, 0.25) is 5.91 Å². The summed E-state index contributed by atoms with van der Waals surface area (Å²) in [4.78, 5) is 38.0. The van der Waals surface area contributed by atoms with E-state index in [9.17, 15) is 9.59 Å². The van der Waals surface area contributed by atoms with Crippen LogP contribution in [0.3, 0.4) is 0 Å². The summed E-state index contributed by atoms with van der Waals surface area (Å²) in [6.07, 6.45) is 9.75. The molecular formula is C23H26N4O2S. The van der Waals surface area contributed by atoms with E-state index in [1.165, 1.54) is 30.6 Å². The summed E-state index contributed by atoms with van der Waals surface area (Å²) in [5.74, 6) is 2.47. The predicted molar refractivity (Wildman–Crippen MR) is 114 cm³/mol. The maximum Gasteiger partial charge on any atom is 0.276 e. The molecule has 156 valence electrons. The fourth-order valence-corrected chi connectivity index (χ4v) is 7.81. The number of amides is 2. The Morgan fingerprint density at radius 2 is 1.83 bits per heavy atom. The molecule has 4 bridgehead atoms. The Labute approximate surface area is 180 Å². The number of rotatable bonds is 3. The van der Waals surface area contributed by atoms with Gasteiger partial charge in [0, 0.05) is 24.0 Å². The van der Waals surface area contributed by atoms with Gasteiger partial charge in [-0.2, -0.15) is 0 Å². The molecule has 4 saturated carbocycles. The first-order valence-corrected chi connectivity index (χ1v) is 11.9. The van der Waals surface area contributed by atoms with Crippen LogP contribution < -0.4 is 5.32 Å². The van der Waals surface area contributed by atoms with Crippen LogP contribution in [0.1, 0.15) is 59.6 Å². The first kappa shape index (κ1) is 18.5. The highest BCUT2D eigenvalue weighted by Gasteiger charge is 2.55. The van der Waals surface area contributed by atoms with Crippen molar-refractivity contribution in [1.29, 1.82) is 0 Å². The minimum absolute atomic E-state index is 0.0903. The average Bonchev–Trinajstić information content (AvgIpc) is 3.14. The summed E-state index contributed by atoms with van der Waals surface area (Å²) in [5.41, 5.74) is 1.31. The van der Waals surface area contributed by atoms with E-state index in [-0.39, 0.29) is 11.3 Å². The van der Waals surface area contributed by atoms with E-state index in [1.54, 1.807) is 24.4 Å². The summed E-state index contributed by atoms with van der Waals surface area (Å²) in [6, 6.07) is 5.27. The van der Waals surface area contributed by atoms with Crippen molar-refractivity contribution in [2.45, 2.75) is 51.5 Å². The lowest BCUT2D eigenvalue weighted by molar-refractivity contribution is -0.158. The SMILES string of the molecule is O=C(Nc1nc2c(s1)CN(C(=O)C13CC4CC(CC(C4)C1)C3)CC2)c1ccccn1. The molecule has 4 fully saturated rings. The Bertz CT molecular complexity index is 967. The number of hydrogen-bond acceptors (Lipinski definition) is 5. The van der Waals surface area contributed by atoms with Gasteiger partial charge >= 0.3 is 0 Å². The fraction of sp³-hybridized carbons (Fsp3) is 0.565. The molecule has 2 aromatic heterocycles. The molecule has 4 aliphatic carbocycles. The van der Waals surface area contributed by atoms with Crippen LogP contribution in [0, 0.1) is 23.2 Å². The molecule has 0 unspecified atom stereocenters. The Balaban J connectivity index is 1.17. The van der Waals surface area contributed by atoms with Gasteiger partial charge in [-0.1, -0.05) is 17.4 Å². The molecule has 5 aliphatic rings. The molecule has 0 atom stereocenters. The lowest BCUT2D eigenvalue weighted by Crippen LogP contribution is -2.55. The van der Waals surface area contributed by atoms with Crippen LogP contribution in [0.2, 0.25) is 0 Å². The van der Waals surface area contributed by atoms with Crippen molar-refractivity contribution in [1.82, 2.24) is 14.9 Å². The number of fused-ring (bicyclic) bond motifs is 1. The Hall–Kier alpha value is -2.28. The highest BCUT2D eigenvalue weighted by Crippen LogP contribution is 2.60. The number of carbonyl (C=O) groups is 2. The third-order valence-electron chi connectivity index (χ3n) is 7.63. The van der Waals surface area contributed by atoms with Gasteiger partial charge in [0.05, 0.1) is 17.7 Å². The molecule has 6 nitrogen and oxygen atoms in total. The fourth-order valence-electron chi connectivity index (χ4n) is 6.79. The second kappa shape index (κ2) is 6.87. The van der Waals surface area contributed by atoms with E-state index in [2.05, 4.69) is 20.2 Å². The number of anilines is 1. The van der Waals surface area contributed by atoms with Crippen LogP contribution in [0.15, 0.2) is 24.4 Å². The number of nitrogens with zero attached hydrogens (tertiary/aromatic N) is 3. The van der Waals surface area contributed by atoms with Crippen molar-refractivity contribution in [3.63, 3.8) is 0 Å². The van der Waals surface area contributed by atoms with Gasteiger partial charge in [0.25, 0.3) is 5.91 Å². The molecule has 2 amide bonds. The first-order valence-electron chi connectivity index (χ1n) is 11.1. The van der Waals surface area contributed by atoms with E-state index in [1.807, 2.05) is 0 Å². The van der Waals surface area contributed by atoms with Crippen LogP contribution in [0.5, 0.6) is 0 Å². The van der Waals surface area contributed by atoms with Crippen molar-refractivity contribution in [2.75, 3.05) is 11.9 Å². The van der Waals surface area contributed by atoms with Gasteiger partial charge < -0.3 is 4.90 Å². The number of aromatic nitrogens is 2. The number of hydrogen-bond donors (Lipinski definition) is 1. The largest absolute Gasteiger partial charge is 0.337 e. The van der Waals surface area contributed by atoms with Crippen LogP contribution in [-0.4, -0.2) is 33.2 Å². The zero-order chi connectivity index (χ0) is 20.3. The standard InChI is InChI=1S/C23H26N4O2S/c28-20(18-3-1-2-5-24-18)26-22-25-17-4-6-27(13-19(17)30-22)21(29)23-10-14-7-15(11-23)9-16(8-14)12-23/h1-3,5,14-16H,4,6-13H2,(H,25,26,28). The average molecular weight is 423 g/mol. The summed E-state index contributed by atoms with van der Waals surface area (Å²) in [6.45, 7) is 1.37. The minimum atomic E-state index is -0.247.